The maximum atomic E-state index is 13.4. The van der Waals surface area contributed by atoms with Gasteiger partial charge < -0.3 is 15.0 Å². The molecule has 3 aromatic carbocycles. The van der Waals surface area contributed by atoms with Crippen LogP contribution in [0.3, 0.4) is 0 Å². The maximum Gasteiger partial charge on any atom is 0.295 e. The van der Waals surface area contributed by atoms with Crippen LogP contribution in [0.1, 0.15) is 22.7 Å². The van der Waals surface area contributed by atoms with Gasteiger partial charge in [0.05, 0.1) is 11.6 Å². The molecular weight excluding hydrogens is 455 g/mol. The number of aliphatic hydroxyl groups excluding tert-OH is 1. The number of rotatable bonds is 5. The van der Waals surface area contributed by atoms with Crippen molar-refractivity contribution in [2.75, 3.05) is 6.54 Å². The SMILES string of the molecule is O=C1C(=O)N(CCc2c[nH]c3ccccc23)C(c2ccc(Cl)cc2)/C1=C(\O)c1ccc(F)cc1. The molecule has 0 spiro atoms. The van der Waals surface area contributed by atoms with Gasteiger partial charge in [0.15, 0.2) is 0 Å². The summed E-state index contributed by atoms with van der Waals surface area (Å²) >= 11 is 6.06. The number of halogens is 2. The van der Waals surface area contributed by atoms with E-state index in [4.69, 9.17) is 11.6 Å². The van der Waals surface area contributed by atoms with E-state index < -0.39 is 23.5 Å². The van der Waals surface area contributed by atoms with Crippen molar-refractivity contribution in [2.45, 2.75) is 12.5 Å². The lowest BCUT2D eigenvalue weighted by Gasteiger charge is -2.25. The highest BCUT2D eigenvalue weighted by Crippen LogP contribution is 2.40. The highest BCUT2D eigenvalue weighted by Gasteiger charge is 2.45. The Balaban J connectivity index is 1.56. The van der Waals surface area contributed by atoms with Gasteiger partial charge in [-0.15, -0.1) is 0 Å². The largest absolute Gasteiger partial charge is 0.507 e. The van der Waals surface area contributed by atoms with Crippen LogP contribution in [-0.4, -0.2) is 33.2 Å². The summed E-state index contributed by atoms with van der Waals surface area (Å²) in [6.45, 7) is 0.264. The van der Waals surface area contributed by atoms with Gasteiger partial charge in [0, 0.05) is 34.2 Å². The Labute approximate surface area is 200 Å². The van der Waals surface area contributed by atoms with Crippen LogP contribution in [0.4, 0.5) is 4.39 Å². The number of hydrogen-bond acceptors (Lipinski definition) is 3. The van der Waals surface area contributed by atoms with Gasteiger partial charge in [-0.1, -0.05) is 41.9 Å². The van der Waals surface area contributed by atoms with Crippen LogP contribution < -0.4 is 0 Å². The number of benzene rings is 3. The first kappa shape index (κ1) is 21.9. The van der Waals surface area contributed by atoms with Crippen LogP contribution in [0.5, 0.6) is 0 Å². The summed E-state index contributed by atoms with van der Waals surface area (Å²) < 4.78 is 13.4. The molecule has 1 aliphatic rings. The zero-order valence-corrected chi connectivity index (χ0v) is 18.7. The number of likely N-dealkylation sites (tertiary alicyclic amines) is 1. The first-order valence-corrected chi connectivity index (χ1v) is 11.2. The van der Waals surface area contributed by atoms with Crippen molar-refractivity contribution in [3.8, 4) is 0 Å². The number of fused-ring (bicyclic) bond motifs is 1. The minimum atomic E-state index is -0.799. The molecule has 5 nitrogen and oxygen atoms in total. The molecule has 1 saturated heterocycles. The Morgan fingerprint density at radius 2 is 1.71 bits per heavy atom. The number of amides is 1. The fraction of sp³-hybridized carbons (Fsp3) is 0.111. The standard InChI is InChI=1S/C27H20ClFN2O3/c28-19-9-5-16(6-10-19)24-23(25(32)17-7-11-20(29)12-8-17)26(33)27(34)31(24)14-13-18-15-30-22-4-2-1-3-21(18)22/h1-12,15,24,30,32H,13-14H2/b25-23+. The lowest BCUT2D eigenvalue weighted by Crippen LogP contribution is -2.31. The Kier molecular flexibility index (Phi) is 5.67. The molecule has 170 valence electrons. The van der Waals surface area contributed by atoms with E-state index in [1.165, 1.54) is 29.2 Å². The molecule has 1 atom stereocenters. The highest BCUT2D eigenvalue weighted by molar-refractivity contribution is 6.46. The van der Waals surface area contributed by atoms with Crippen LogP contribution in [0.2, 0.25) is 5.02 Å². The zero-order chi connectivity index (χ0) is 23.8. The number of carbonyl (C=O) groups is 2. The average Bonchev–Trinajstić information content (AvgIpc) is 3.37. The van der Waals surface area contributed by atoms with Crippen molar-refractivity contribution >= 4 is 40.0 Å². The Hall–Kier alpha value is -3.90. The van der Waals surface area contributed by atoms with Gasteiger partial charge in [-0.05, 0) is 60.0 Å². The Bertz CT molecular complexity index is 1420. The van der Waals surface area contributed by atoms with E-state index in [0.717, 1.165) is 16.5 Å². The molecule has 4 aromatic rings. The fourth-order valence-corrected chi connectivity index (χ4v) is 4.57. The molecule has 0 bridgehead atoms. The third kappa shape index (κ3) is 3.86. The monoisotopic (exact) mass is 474 g/mol. The van der Waals surface area contributed by atoms with Crippen molar-refractivity contribution in [2.24, 2.45) is 0 Å². The summed E-state index contributed by atoms with van der Waals surface area (Å²) in [6.07, 6.45) is 2.41. The number of hydrogen-bond donors (Lipinski definition) is 2. The summed E-state index contributed by atoms with van der Waals surface area (Å²) in [4.78, 5) is 30.9. The quantitative estimate of drug-likeness (QED) is 0.224. The van der Waals surface area contributed by atoms with Crippen molar-refractivity contribution in [1.29, 1.82) is 0 Å². The topological polar surface area (TPSA) is 73.4 Å². The normalized spacial score (nSPS) is 17.6. The number of para-hydroxylation sites is 1. The number of H-pyrrole nitrogens is 1. The van der Waals surface area contributed by atoms with Crippen molar-refractivity contribution < 1.29 is 19.1 Å². The van der Waals surface area contributed by atoms with E-state index in [-0.39, 0.29) is 23.4 Å². The van der Waals surface area contributed by atoms with Crippen LogP contribution in [-0.2, 0) is 16.0 Å². The first-order chi connectivity index (χ1) is 16.4. The number of ketones is 1. The van der Waals surface area contributed by atoms with Gasteiger partial charge in [0.25, 0.3) is 11.7 Å². The summed E-state index contributed by atoms with van der Waals surface area (Å²) in [5.41, 5.74) is 2.88. The third-order valence-corrected chi connectivity index (χ3v) is 6.39. The van der Waals surface area contributed by atoms with E-state index >= 15 is 0 Å². The van der Waals surface area contributed by atoms with Gasteiger partial charge in [0.1, 0.15) is 11.6 Å². The summed E-state index contributed by atoms with van der Waals surface area (Å²) in [7, 11) is 0. The fourth-order valence-electron chi connectivity index (χ4n) is 4.44. The minimum absolute atomic E-state index is 0.0298. The molecule has 2 heterocycles. The molecule has 5 rings (SSSR count). The molecule has 0 saturated carbocycles. The molecule has 1 unspecified atom stereocenters. The second-order valence-electron chi connectivity index (χ2n) is 8.16. The van der Waals surface area contributed by atoms with E-state index in [9.17, 15) is 19.1 Å². The van der Waals surface area contributed by atoms with Gasteiger partial charge in [0.2, 0.25) is 0 Å². The second-order valence-corrected chi connectivity index (χ2v) is 8.60. The van der Waals surface area contributed by atoms with Gasteiger partial charge in [-0.2, -0.15) is 0 Å². The number of aliphatic hydroxyl groups is 1. The molecule has 1 amide bonds. The summed E-state index contributed by atoms with van der Waals surface area (Å²) in [6, 6.07) is 19.0. The molecule has 1 aliphatic heterocycles. The highest BCUT2D eigenvalue weighted by atomic mass is 35.5. The smallest absolute Gasteiger partial charge is 0.295 e. The molecule has 1 fully saturated rings. The number of aromatic nitrogens is 1. The summed E-state index contributed by atoms with van der Waals surface area (Å²) in [5, 5.41) is 12.6. The van der Waals surface area contributed by atoms with E-state index in [1.54, 1.807) is 24.3 Å². The summed E-state index contributed by atoms with van der Waals surface area (Å²) in [5.74, 6) is -2.28. The molecule has 1 aromatic heterocycles. The van der Waals surface area contributed by atoms with Crippen LogP contribution in [0.25, 0.3) is 16.7 Å². The molecular formula is C27H20ClFN2O3. The molecule has 0 radical (unpaired) electrons. The van der Waals surface area contributed by atoms with Crippen LogP contribution >= 0.6 is 11.6 Å². The predicted molar refractivity (Wildman–Crippen MR) is 129 cm³/mol. The van der Waals surface area contributed by atoms with E-state index in [0.29, 0.717) is 17.0 Å². The van der Waals surface area contributed by atoms with Crippen molar-refractivity contribution in [1.82, 2.24) is 9.88 Å². The average molecular weight is 475 g/mol. The zero-order valence-electron chi connectivity index (χ0n) is 18.0. The number of aromatic amines is 1. The van der Waals surface area contributed by atoms with Gasteiger partial charge in [-0.3, -0.25) is 9.59 Å². The Morgan fingerprint density at radius 1 is 1.00 bits per heavy atom. The first-order valence-electron chi connectivity index (χ1n) is 10.8. The van der Waals surface area contributed by atoms with Crippen molar-refractivity contribution in [3.63, 3.8) is 0 Å². The van der Waals surface area contributed by atoms with Crippen LogP contribution in [0.15, 0.2) is 84.6 Å². The molecule has 7 heteroatoms. The molecule has 34 heavy (non-hydrogen) atoms. The number of Topliss-reactive ketones (excluding diaryl/α,β-unsaturated/α-hetero) is 1. The maximum absolute atomic E-state index is 13.4. The number of nitrogens with zero attached hydrogens (tertiary/aromatic N) is 1. The van der Waals surface area contributed by atoms with E-state index in [2.05, 4.69) is 4.98 Å². The third-order valence-electron chi connectivity index (χ3n) is 6.14. The van der Waals surface area contributed by atoms with Gasteiger partial charge >= 0.3 is 0 Å². The second kappa shape index (κ2) is 8.80. The van der Waals surface area contributed by atoms with Gasteiger partial charge in [-0.25, -0.2) is 4.39 Å². The van der Waals surface area contributed by atoms with Crippen molar-refractivity contribution in [3.05, 3.63) is 112 Å². The predicted octanol–water partition coefficient (Wildman–Crippen LogP) is 5.62. The Morgan fingerprint density at radius 3 is 2.44 bits per heavy atom. The number of carbonyl (C=O) groups excluding carboxylic acids is 2. The lowest BCUT2D eigenvalue weighted by molar-refractivity contribution is -0.139. The van der Waals surface area contributed by atoms with E-state index in [1.807, 2.05) is 30.5 Å². The molecule has 0 aliphatic carbocycles. The number of nitrogens with one attached hydrogen (secondary N) is 1. The molecule has 2 N–H and O–H groups in total. The van der Waals surface area contributed by atoms with Crippen LogP contribution in [0, 0.1) is 5.82 Å². The minimum Gasteiger partial charge on any atom is -0.507 e. The lowest BCUT2D eigenvalue weighted by atomic mass is 9.95.